The molecule has 148 valence electrons. The molecule has 0 atom stereocenters. The highest BCUT2D eigenvalue weighted by molar-refractivity contribution is 14.1. The lowest BCUT2D eigenvalue weighted by molar-refractivity contribution is 0.306. The molecular weight excluding hydrogens is 729 g/mol. The van der Waals surface area contributed by atoms with E-state index in [0.29, 0.717) is 6.61 Å². The summed E-state index contributed by atoms with van der Waals surface area (Å²) < 4.78 is 12.6. The molecule has 5 heteroatoms. The van der Waals surface area contributed by atoms with Crippen molar-refractivity contribution in [3.63, 3.8) is 0 Å². The van der Waals surface area contributed by atoms with Crippen molar-refractivity contribution in [2.75, 3.05) is 0 Å². The summed E-state index contributed by atoms with van der Waals surface area (Å²) in [7, 11) is -0.0710. The SMILES string of the molecule is Ic1ccc(COc2ccc(-[s+]3c4ccc(I)cc4c4cc(I)ccc43)cc2)cc1. The highest BCUT2D eigenvalue weighted by Gasteiger charge is 2.24. The molecule has 5 rings (SSSR count). The normalized spacial score (nSPS) is 11.3. The van der Waals surface area contributed by atoms with E-state index >= 15 is 0 Å². The summed E-state index contributed by atoms with van der Waals surface area (Å²) in [6, 6.07) is 30.8. The third-order valence-electron chi connectivity index (χ3n) is 4.99. The minimum absolute atomic E-state index is 0.0710. The molecule has 0 aliphatic carbocycles. The van der Waals surface area contributed by atoms with E-state index in [2.05, 4.69) is 153 Å². The van der Waals surface area contributed by atoms with Crippen LogP contribution >= 0.6 is 78.2 Å². The maximum Gasteiger partial charge on any atom is 0.187 e. The molecule has 1 nitrogen and oxygen atoms in total. The first-order chi connectivity index (χ1) is 14.6. The van der Waals surface area contributed by atoms with Crippen LogP contribution in [-0.2, 0) is 6.61 Å². The molecule has 0 N–H and O–H groups in total. The highest BCUT2D eigenvalue weighted by atomic mass is 127. The maximum absolute atomic E-state index is 6.02. The van der Waals surface area contributed by atoms with Crippen LogP contribution in [0.2, 0.25) is 0 Å². The lowest BCUT2D eigenvalue weighted by Gasteiger charge is -2.06. The highest BCUT2D eigenvalue weighted by Crippen LogP contribution is 2.49. The fraction of sp³-hybridized carbons (Fsp3) is 0.0400. The molecule has 0 aliphatic heterocycles. The Kier molecular flexibility index (Phi) is 6.23. The van der Waals surface area contributed by atoms with E-state index in [1.54, 1.807) is 0 Å². The molecule has 0 radical (unpaired) electrons. The molecule has 1 heterocycles. The molecule has 4 aromatic carbocycles. The largest absolute Gasteiger partial charge is 0.489 e. The second kappa shape index (κ2) is 8.91. The Balaban J connectivity index is 1.51. The minimum Gasteiger partial charge on any atom is -0.489 e. The van der Waals surface area contributed by atoms with E-state index in [1.165, 1.54) is 41.3 Å². The molecular formula is C25H16I3OS+. The summed E-state index contributed by atoms with van der Waals surface area (Å²) in [5.74, 6) is 0.908. The second-order valence-corrected chi connectivity index (χ2v) is 12.7. The Morgan fingerprint density at radius 3 is 1.70 bits per heavy atom. The van der Waals surface area contributed by atoms with Gasteiger partial charge in [0.2, 0.25) is 0 Å². The Hall–Kier alpha value is -0.910. The van der Waals surface area contributed by atoms with E-state index in [4.69, 9.17) is 4.74 Å². The smallest absolute Gasteiger partial charge is 0.187 e. The summed E-state index contributed by atoms with van der Waals surface area (Å²) in [5, 5.41) is 2.75. The van der Waals surface area contributed by atoms with Crippen molar-refractivity contribution in [2.45, 2.75) is 6.61 Å². The van der Waals surface area contributed by atoms with Crippen molar-refractivity contribution >= 4 is 98.4 Å². The zero-order valence-corrected chi connectivity index (χ0v) is 23.0. The molecule has 0 aliphatic rings. The lowest BCUT2D eigenvalue weighted by atomic mass is 10.2. The van der Waals surface area contributed by atoms with Gasteiger partial charge in [0.1, 0.15) is 12.4 Å². The van der Waals surface area contributed by atoms with Crippen molar-refractivity contribution in [3.05, 3.63) is 101 Å². The average molecular weight is 745 g/mol. The fourth-order valence-electron chi connectivity index (χ4n) is 3.57. The topological polar surface area (TPSA) is 9.23 Å². The number of benzene rings is 4. The maximum atomic E-state index is 6.02. The summed E-state index contributed by atoms with van der Waals surface area (Å²) in [5.41, 5.74) is 1.18. The Labute approximate surface area is 219 Å². The van der Waals surface area contributed by atoms with Crippen LogP contribution in [0.25, 0.3) is 25.1 Å². The number of fused-ring (bicyclic) bond motifs is 3. The fourth-order valence-corrected chi connectivity index (χ4v) is 7.25. The van der Waals surface area contributed by atoms with Gasteiger partial charge in [0.15, 0.2) is 14.3 Å². The summed E-state index contributed by atoms with van der Waals surface area (Å²) >= 11 is 7.13. The predicted molar refractivity (Wildman–Crippen MR) is 154 cm³/mol. The van der Waals surface area contributed by atoms with Crippen LogP contribution in [0, 0.1) is 10.7 Å². The van der Waals surface area contributed by atoms with Crippen molar-refractivity contribution in [2.24, 2.45) is 0 Å². The molecule has 0 spiro atoms. The molecule has 0 fully saturated rings. The van der Waals surface area contributed by atoms with Crippen LogP contribution in [0.4, 0.5) is 0 Å². The molecule has 0 unspecified atom stereocenters. The van der Waals surface area contributed by atoms with Gasteiger partial charge in [-0.2, -0.15) is 0 Å². The standard InChI is InChI=1S/C25H16I3OS/c26-17-3-1-16(2-4-17)15-29-20-7-9-21(10-8-20)30-24-11-5-18(27)13-22(24)23-14-19(28)6-12-25(23)30/h1-14H,15H2/q+1. The summed E-state index contributed by atoms with van der Waals surface area (Å²) in [6.07, 6.45) is 0. The molecule has 0 saturated heterocycles. The quantitative estimate of drug-likeness (QED) is 0.132. The van der Waals surface area contributed by atoms with Gasteiger partial charge in [-0.15, -0.1) is 0 Å². The molecule has 0 saturated carbocycles. The third-order valence-corrected chi connectivity index (χ3v) is 9.39. The van der Waals surface area contributed by atoms with Gasteiger partial charge >= 0.3 is 0 Å². The van der Waals surface area contributed by atoms with E-state index in [0.717, 1.165) is 5.75 Å². The van der Waals surface area contributed by atoms with Crippen LogP contribution in [0.15, 0.2) is 84.9 Å². The molecule has 30 heavy (non-hydrogen) atoms. The van der Waals surface area contributed by atoms with Crippen LogP contribution in [-0.4, -0.2) is 0 Å². The van der Waals surface area contributed by atoms with Crippen LogP contribution in [0.3, 0.4) is 0 Å². The zero-order chi connectivity index (χ0) is 20.7. The first-order valence-electron chi connectivity index (χ1n) is 9.39. The first kappa shape index (κ1) is 21.0. The Morgan fingerprint density at radius 1 is 0.600 bits per heavy atom. The molecule has 5 aromatic rings. The molecule has 0 amide bonds. The van der Waals surface area contributed by atoms with Gasteiger partial charge in [0.25, 0.3) is 0 Å². The second-order valence-electron chi connectivity index (χ2n) is 6.97. The van der Waals surface area contributed by atoms with Crippen molar-refractivity contribution in [1.29, 1.82) is 0 Å². The predicted octanol–water partition coefficient (Wildman–Crippen LogP) is 9.12. The minimum atomic E-state index is -0.0710. The Morgan fingerprint density at radius 2 is 1.13 bits per heavy atom. The van der Waals surface area contributed by atoms with Gasteiger partial charge in [-0.05, 0) is 134 Å². The van der Waals surface area contributed by atoms with Crippen LogP contribution in [0.5, 0.6) is 5.75 Å². The zero-order valence-electron chi connectivity index (χ0n) is 15.7. The number of hydrogen-bond acceptors (Lipinski definition) is 1. The van der Waals surface area contributed by atoms with Gasteiger partial charge in [0, 0.05) is 44.1 Å². The average Bonchev–Trinajstić information content (AvgIpc) is 3.06. The molecule has 0 bridgehead atoms. The van der Waals surface area contributed by atoms with E-state index in [1.807, 2.05) is 0 Å². The Bertz CT molecular complexity index is 1300. The number of thiophene rings is 1. The van der Waals surface area contributed by atoms with Crippen molar-refractivity contribution in [1.82, 2.24) is 0 Å². The van der Waals surface area contributed by atoms with Gasteiger partial charge in [0.05, 0.1) is 0 Å². The van der Waals surface area contributed by atoms with Gasteiger partial charge in [-0.1, -0.05) is 12.1 Å². The number of ether oxygens (including phenoxy) is 1. The number of halogens is 3. The summed E-state index contributed by atoms with van der Waals surface area (Å²) in [4.78, 5) is 1.33. The van der Waals surface area contributed by atoms with Crippen LogP contribution < -0.4 is 4.74 Å². The van der Waals surface area contributed by atoms with Gasteiger partial charge in [-0.3, -0.25) is 0 Å². The van der Waals surface area contributed by atoms with Gasteiger partial charge in [-0.25, -0.2) is 0 Å². The van der Waals surface area contributed by atoms with E-state index < -0.39 is 0 Å². The lowest BCUT2D eigenvalue weighted by Crippen LogP contribution is -1.95. The monoisotopic (exact) mass is 745 g/mol. The summed E-state index contributed by atoms with van der Waals surface area (Å²) in [6.45, 7) is 0.588. The van der Waals surface area contributed by atoms with E-state index in [-0.39, 0.29) is 10.5 Å². The van der Waals surface area contributed by atoms with Gasteiger partial charge < -0.3 is 4.74 Å². The molecule has 1 aromatic heterocycles. The van der Waals surface area contributed by atoms with Crippen LogP contribution in [0.1, 0.15) is 5.56 Å². The number of hydrogen-bond donors (Lipinski definition) is 0. The first-order valence-corrected chi connectivity index (χ1v) is 13.9. The van der Waals surface area contributed by atoms with E-state index in [9.17, 15) is 0 Å². The third kappa shape index (κ3) is 4.22. The van der Waals surface area contributed by atoms with Crippen molar-refractivity contribution in [3.8, 4) is 10.6 Å². The number of rotatable bonds is 4. The van der Waals surface area contributed by atoms with Crippen molar-refractivity contribution < 1.29 is 4.74 Å².